The molecule has 0 unspecified atom stereocenters. The second-order valence-electron chi connectivity index (χ2n) is 8.61. The van der Waals surface area contributed by atoms with Gasteiger partial charge in [0.15, 0.2) is 5.96 Å². The summed E-state index contributed by atoms with van der Waals surface area (Å²) in [5.41, 5.74) is 14.6. The molecule has 0 radical (unpaired) electrons. The molecule has 6 N–H and O–H groups in total. The number of hydrogen-bond donors (Lipinski definition) is 4. The van der Waals surface area contributed by atoms with Crippen LogP contribution in [0.1, 0.15) is 31.7 Å². The van der Waals surface area contributed by atoms with Crippen LogP contribution in [0.4, 0.5) is 0 Å². The topological polar surface area (TPSA) is 160 Å². The molecule has 0 saturated carbocycles. The number of aliphatic imine (C=N–C) groups is 1. The van der Waals surface area contributed by atoms with Gasteiger partial charge in [-0.2, -0.15) is 4.98 Å². The molecular formula is C28H34N8O2. The van der Waals surface area contributed by atoms with Crippen molar-refractivity contribution >= 4 is 17.0 Å². The Bertz CT molecular complexity index is 1420. The Kier molecular flexibility index (Phi) is 10.5. The molecule has 0 amide bonds. The molecule has 0 aliphatic rings. The summed E-state index contributed by atoms with van der Waals surface area (Å²) in [7, 11) is 0. The zero-order valence-corrected chi connectivity index (χ0v) is 21.6. The van der Waals surface area contributed by atoms with E-state index in [-0.39, 0.29) is 11.6 Å². The Morgan fingerprint density at radius 1 is 1.16 bits per heavy atom. The van der Waals surface area contributed by atoms with E-state index in [1.165, 1.54) is 0 Å². The molecule has 4 rings (SSSR count). The van der Waals surface area contributed by atoms with Gasteiger partial charge in [-0.15, -0.1) is 0 Å². The Morgan fingerprint density at radius 2 is 1.95 bits per heavy atom. The Balaban J connectivity index is 0.00000195. The minimum Gasteiger partial charge on any atom is -0.494 e. The van der Waals surface area contributed by atoms with Gasteiger partial charge in [0.2, 0.25) is 0 Å². The van der Waals surface area contributed by atoms with Crippen LogP contribution in [0, 0.1) is 11.8 Å². The number of guanidine groups is 1. The van der Waals surface area contributed by atoms with E-state index in [1.54, 1.807) is 4.57 Å². The predicted octanol–water partition coefficient (Wildman–Crippen LogP) is 3.45. The summed E-state index contributed by atoms with van der Waals surface area (Å²) in [6.45, 7) is 8.47. The van der Waals surface area contributed by atoms with Gasteiger partial charge in [0.05, 0.1) is 12.3 Å². The molecule has 38 heavy (non-hydrogen) atoms. The lowest BCUT2D eigenvalue weighted by Crippen LogP contribution is -2.23. The van der Waals surface area contributed by atoms with Gasteiger partial charge < -0.3 is 26.5 Å². The van der Waals surface area contributed by atoms with Crippen LogP contribution < -0.4 is 27.2 Å². The molecule has 0 spiro atoms. The smallest absolute Gasteiger partial charge is 0.354 e. The molecular weight excluding hydrogens is 480 g/mol. The minimum absolute atomic E-state index is 0.117. The third-order valence-electron chi connectivity index (χ3n) is 5.77. The number of benzene rings is 2. The second-order valence-corrected chi connectivity index (χ2v) is 8.61. The molecule has 10 nitrogen and oxygen atoms in total. The van der Waals surface area contributed by atoms with E-state index in [2.05, 4.69) is 33.8 Å². The van der Waals surface area contributed by atoms with Crippen LogP contribution in [0.25, 0.3) is 28.0 Å². The van der Waals surface area contributed by atoms with Crippen LogP contribution >= 0.6 is 0 Å². The maximum Gasteiger partial charge on any atom is 0.354 e. The number of rotatable bonds is 12. The van der Waals surface area contributed by atoms with Crippen molar-refractivity contribution in [3.63, 3.8) is 0 Å². The molecule has 0 aliphatic heterocycles. The Hall–Kier alpha value is -4.62. The van der Waals surface area contributed by atoms with Gasteiger partial charge in [0.1, 0.15) is 11.4 Å². The Labute approximate surface area is 222 Å². The minimum atomic E-state index is -0.335. The summed E-state index contributed by atoms with van der Waals surface area (Å²) in [6, 6.07) is 17.8. The zero-order valence-electron chi connectivity index (χ0n) is 21.6. The molecule has 10 heteroatoms. The maximum atomic E-state index is 12.8. The van der Waals surface area contributed by atoms with Crippen molar-refractivity contribution < 1.29 is 4.74 Å². The van der Waals surface area contributed by atoms with Gasteiger partial charge in [0.25, 0.3) is 0 Å². The fourth-order valence-electron chi connectivity index (χ4n) is 3.84. The first-order valence-electron chi connectivity index (χ1n) is 12.5. The van der Waals surface area contributed by atoms with Crippen molar-refractivity contribution in [2.75, 3.05) is 19.7 Å². The first-order valence-corrected chi connectivity index (χ1v) is 12.5. The van der Waals surface area contributed by atoms with Crippen molar-refractivity contribution in [2.45, 2.75) is 32.7 Å². The fourth-order valence-corrected chi connectivity index (χ4v) is 3.84. The third-order valence-corrected chi connectivity index (χ3v) is 5.77. The third kappa shape index (κ3) is 7.69. The average Bonchev–Trinajstić information content (AvgIpc) is 3.35. The largest absolute Gasteiger partial charge is 0.494 e. The number of aromatic nitrogens is 3. The van der Waals surface area contributed by atoms with Gasteiger partial charge >= 0.3 is 5.69 Å². The van der Waals surface area contributed by atoms with E-state index < -0.39 is 0 Å². The van der Waals surface area contributed by atoms with Gasteiger partial charge in [-0.3, -0.25) is 9.56 Å². The number of nitrogens with zero attached hydrogens (tertiary/aromatic N) is 4. The van der Waals surface area contributed by atoms with Crippen molar-refractivity contribution in [2.24, 2.45) is 16.5 Å². The number of hydrogen-bond acceptors (Lipinski definition) is 6. The lowest BCUT2D eigenvalue weighted by molar-refractivity contribution is 0.309. The predicted molar refractivity (Wildman–Crippen MR) is 151 cm³/mol. The van der Waals surface area contributed by atoms with Crippen LogP contribution in [0.5, 0.6) is 5.75 Å². The number of aromatic amines is 1. The molecule has 4 aromatic rings. The highest BCUT2D eigenvalue weighted by Crippen LogP contribution is 2.26. The summed E-state index contributed by atoms with van der Waals surface area (Å²) in [5, 5.41) is 10.7. The molecule has 2 heterocycles. The molecule has 198 valence electrons. The van der Waals surface area contributed by atoms with Crippen LogP contribution in [-0.2, 0) is 6.54 Å². The highest BCUT2D eigenvalue weighted by molar-refractivity contribution is 5.82. The van der Waals surface area contributed by atoms with Crippen LogP contribution in [0.3, 0.4) is 0 Å². The summed E-state index contributed by atoms with van der Waals surface area (Å²) >= 11 is 0. The molecule has 2 aromatic heterocycles. The van der Waals surface area contributed by atoms with Crippen LogP contribution in [0.15, 0.2) is 70.6 Å². The Morgan fingerprint density at radius 3 is 2.68 bits per heavy atom. The first kappa shape index (κ1) is 28.0. The normalized spacial score (nSPS) is 10.5. The molecule has 2 aromatic carbocycles. The first-order chi connectivity index (χ1) is 18.5. The number of nitriles is 1. The number of nitrogens with one attached hydrogen (secondary N) is 2. The summed E-state index contributed by atoms with van der Waals surface area (Å²) in [6.07, 6.45) is 4.78. The average molecular weight is 515 g/mol. The van der Waals surface area contributed by atoms with Crippen molar-refractivity contribution in [1.82, 2.24) is 19.9 Å². The molecule has 0 aliphatic carbocycles. The summed E-state index contributed by atoms with van der Waals surface area (Å²) < 4.78 is 7.40. The zero-order chi connectivity index (χ0) is 27.3. The number of fused-ring (bicyclic) bond motifs is 1. The SMILES string of the molecule is C#N.CCCCOc1cccc(-c2cc3cn(-c4ccc(CNCCCN=C(N)N)cc4)c(=O)nc3[nH]2)c1. The van der Waals surface area contributed by atoms with Crippen LogP contribution in [-0.4, -0.2) is 40.2 Å². The monoisotopic (exact) mass is 514 g/mol. The summed E-state index contributed by atoms with van der Waals surface area (Å²) in [4.78, 5) is 24.3. The molecule has 0 atom stereocenters. The lowest BCUT2D eigenvalue weighted by atomic mass is 10.1. The van der Waals surface area contributed by atoms with Gasteiger partial charge in [-0.25, -0.2) is 10.1 Å². The van der Waals surface area contributed by atoms with Gasteiger partial charge in [-0.1, -0.05) is 37.6 Å². The highest BCUT2D eigenvalue weighted by Gasteiger charge is 2.10. The quantitative estimate of drug-likeness (QED) is 0.128. The fraction of sp³-hybridized carbons (Fsp3) is 0.286. The second kappa shape index (κ2) is 14.2. The number of H-pyrrole nitrogens is 1. The van der Waals surface area contributed by atoms with E-state index in [0.29, 0.717) is 18.8 Å². The van der Waals surface area contributed by atoms with E-state index in [0.717, 1.165) is 66.0 Å². The van der Waals surface area contributed by atoms with Crippen LogP contribution in [0.2, 0.25) is 0 Å². The van der Waals surface area contributed by atoms with E-state index in [9.17, 15) is 4.79 Å². The maximum absolute atomic E-state index is 12.8. The molecule has 0 fully saturated rings. The number of nitrogens with two attached hydrogens (primary N) is 2. The summed E-state index contributed by atoms with van der Waals surface area (Å²) in [5.74, 6) is 0.946. The molecule has 0 saturated heterocycles. The number of unbranched alkanes of at least 4 members (excludes halogenated alkanes) is 1. The highest BCUT2D eigenvalue weighted by atomic mass is 16.5. The van der Waals surface area contributed by atoms with Gasteiger partial charge in [0, 0.05) is 42.5 Å². The van der Waals surface area contributed by atoms with E-state index in [4.69, 9.17) is 21.5 Å². The standard InChI is InChI=1S/C27H33N7O2.CHN/c1-2-3-14-36-23-7-4-6-20(15-23)24-16-21-18-34(27(35)33-25(21)32-24)22-10-8-19(9-11-22)17-30-12-5-13-31-26(28)29;1-2/h4,6-11,15-16,18,30H,2-3,5,12-14,17H2,1H3,(H4,28,29,31)(H,32,33,35);1H. The lowest BCUT2D eigenvalue weighted by Gasteiger charge is -2.08. The van der Waals surface area contributed by atoms with Crippen molar-refractivity contribution in [3.05, 3.63) is 76.8 Å². The van der Waals surface area contributed by atoms with Crippen molar-refractivity contribution in [1.29, 1.82) is 5.26 Å². The number of ether oxygens (including phenoxy) is 1. The van der Waals surface area contributed by atoms with Crippen molar-refractivity contribution in [3.8, 4) is 29.3 Å². The molecule has 0 bridgehead atoms. The van der Waals surface area contributed by atoms with E-state index in [1.807, 2.05) is 60.8 Å². The van der Waals surface area contributed by atoms with Gasteiger partial charge in [-0.05, 0) is 55.3 Å². The van der Waals surface area contributed by atoms with E-state index >= 15 is 0 Å².